The van der Waals surface area contributed by atoms with Gasteiger partial charge in [0.05, 0.1) is 12.1 Å². The number of amides is 1. The van der Waals surface area contributed by atoms with Crippen molar-refractivity contribution < 1.29 is 19.4 Å². The van der Waals surface area contributed by atoms with Crippen molar-refractivity contribution in [3.8, 4) is 0 Å². The third kappa shape index (κ3) is 6.02. The molecule has 1 aliphatic heterocycles. The quantitative estimate of drug-likeness (QED) is 0.150. The molecule has 2 rings (SSSR count). The zero-order chi connectivity index (χ0) is 23.3. The number of guanidine groups is 1. The average molecular weight is 436 g/mol. The largest absolute Gasteiger partial charge is 0.479 e. The number of nitrogens with zero attached hydrogens (tertiary/aromatic N) is 3. The molecule has 13 heteroatoms. The van der Waals surface area contributed by atoms with Crippen LogP contribution in [0.25, 0.3) is 0 Å². The van der Waals surface area contributed by atoms with Crippen molar-refractivity contribution in [3.63, 3.8) is 0 Å². The lowest BCUT2D eigenvalue weighted by molar-refractivity contribution is -0.159. The molecule has 170 valence electrons. The molecule has 0 bridgehead atoms. The Bertz CT molecular complexity index is 916. The van der Waals surface area contributed by atoms with E-state index >= 15 is 0 Å². The highest BCUT2D eigenvalue weighted by Gasteiger charge is 2.36. The van der Waals surface area contributed by atoms with Crippen LogP contribution in [0.2, 0.25) is 0 Å². The molecule has 0 aromatic carbocycles. The van der Waals surface area contributed by atoms with E-state index in [-0.39, 0.29) is 17.7 Å². The second-order valence-electron chi connectivity index (χ2n) is 7.35. The Morgan fingerprint density at radius 3 is 2.71 bits per heavy atom. The van der Waals surface area contributed by atoms with Gasteiger partial charge in [-0.1, -0.05) is 13.0 Å². The maximum atomic E-state index is 12.6. The fourth-order valence-corrected chi connectivity index (χ4v) is 2.93. The minimum absolute atomic E-state index is 0.0265. The number of carboxylic acids is 1. The van der Waals surface area contributed by atoms with Crippen LogP contribution >= 0.6 is 0 Å². The van der Waals surface area contributed by atoms with Crippen molar-refractivity contribution in [2.24, 2.45) is 17.4 Å². The molecule has 2 heterocycles. The molecule has 0 spiro atoms. The van der Waals surface area contributed by atoms with E-state index in [4.69, 9.17) is 27.3 Å². The van der Waals surface area contributed by atoms with E-state index in [2.05, 4.69) is 10.3 Å². The number of ether oxygens (including phenoxy) is 1. The Morgan fingerprint density at radius 2 is 2.13 bits per heavy atom. The minimum Gasteiger partial charge on any atom is -0.479 e. The van der Waals surface area contributed by atoms with E-state index in [1.54, 1.807) is 14.0 Å². The van der Waals surface area contributed by atoms with Crippen LogP contribution < -0.4 is 28.2 Å². The topological polar surface area (TPSA) is 216 Å². The first-order chi connectivity index (χ1) is 14.5. The normalized spacial score (nSPS) is 22.4. The standard InChI is InChI=1S/C18H28N8O5/c1-9(5-7-25(2)17(21)22)13(20)15(27)23-10-3-4-12(31-14(10)16(28)29)26-8-6-11(19)24-18(26)30/h3-4,6,8-10,12-14H,5,7,20H2,1-2H3,(H3,21,22)(H,23,27)(H,28,29)(H2,19,24,30)/t9-,10-,12-,13+,14-/m1/s1. The third-order valence-electron chi connectivity index (χ3n) is 5.02. The van der Waals surface area contributed by atoms with Crippen molar-refractivity contribution in [2.75, 3.05) is 19.3 Å². The van der Waals surface area contributed by atoms with E-state index in [1.165, 1.54) is 29.3 Å². The lowest BCUT2D eigenvalue weighted by Crippen LogP contribution is -2.55. The first kappa shape index (κ1) is 23.8. The van der Waals surface area contributed by atoms with E-state index in [9.17, 15) is 19.5 Å². The van der Waals surface area contributed by atoms with Gasteiger partial charge in [0, 0.05) is 19.8 Å². The Hall–Kier alpha value is -3.45. The van der Waals surface area contributed by atoms with Crippen molar-refractivity contribution in [3.05, 3.63) is 34.9 Å². The number of rotatable bonds is 8. The molecular formula is C18H28N8O5. The summed E-state index contributed by atoms with van der Waals surface area (Å²) in [5.41, 5.74) is 16.2. The van der Waals surface area contributed by atoms with Gasteiger partial charge in [0.2, 0.25) is 5.91 Å². The van der Waals surface area contributed by atoms with Gasteiger partial charge in [-0.25, -0.2) is 9.59 Å². The van der Waals surface area contributed by atoms with Crippen molar-refractivity contribution in [2.45, 2.75) is 37.8 Å². The predicted octanol–water partition coefficient (Wildman–Crippen LogP) is -1.97. The van der Waals surface area contributed by atoms with Crippen LogP contribution in [-0.4, -0.2) is 69.2 Å². The predicted molar refractivity (Wildman–Crippen MR) is 112 cm³/mol. The summed E-state index contributed by atoms with van der Waals surface area (Å²) in [6.45, 7) is 2.21. The maximum absolute atomic E-state index is 12.6. The number of anilines is 1. The summed E-state index contributed by atoms with van der Waals surface area (Å²) < 4.78 is 6.59. The van der Waals surface area contributed by atoms with Crippen LogP contribution in [-0.2, 0) is 14.3 Å². The van der Waals surface area contributed by atoms with Gasteiger partial charge in [0.25, 0.3) is 0 Å². The smallest absolute Gasteiger partial charge is 0.351 e. The molecule has 1 amide bonds. The Morgan fingerprint density at radius 1 is 1.45 bits per heavy atom. The Labute approximate surface area is 178 Å². The molecule has 1 aromatic rings. The molecule has 31 heavy (non-hydrogen) atoms. The number of hydrogen-bond acceptors (Lipinski definition) is 8. The number of hydrogen-bond donors (Lipinski definition) is 6. The second kappa shape index (κ2) is 10.0. The van der Waals surface area contributed by atoms with E-state index in [0.29, 0.717) is 13.0 Å². The summed E-state index contributed by atoms with van der Waals surface area (Å²) >= 11 is 0. The number of nitrogen functional groups attached to an aromatic ring is 1. The van der Waals surface area contributed by atoms with Crippen LogP contribution in [0, 0.1) is 11.3 Å². The van der Waals surface area contributed by atoms with Crippen molar-refractivity contribution in [1.29, 1.82) is 5.41 Å². The van der Waals surface area contributed by atoms with Gasteiger partial charge in [0.1, 0.15) is 5.82 Å². The molecule has 0 saturated carbocycles. The number of aromatic nitrogens is 2. The first-order valence-electron chi connectivity index (χ1n) is 9.53. The van der Waals surface area contributed by atoms with E-state index < -0.39 is 42.0 Å². The van der Waals surface area contributed by atoms with Gasteiger partial charge in [-0.3, -0.25) is 14.8 Å². The monoisotopic (exact) mass is 436 g/mol. The molecule has 0 radical (unpaired) electrons. The summed E-state index contributed by atoms with van der Waals surface area (Å²) in [4.78, 5) is 41.4. The number of carboxylic acid groups (broad SMARTS) is 1. The van der Waals surface area contributed by atoms with Gasteiger partial charge < -0.3 is 37.3 Å². The van der Waals surface area contributed by atoms with E-state index in [1.807, 2.05) is 0 Å². The summed E-state index contributed by atoms with van der Waals surface area (Å²) in [6, 6.07) is -0.520. The lowest BCUT2D eigenvalue weighted by atomic mass is 9.97. The van der Waals surface area contributed by atoms with Gasteiger partial charge in [0.15, 0.2) is 18.3 Å². The molecule has 1 aromatic heterocycles. The molecule has 0 aliphatic carbocycles. The first-order valence-corrected chi connectivity index (χ1v) is 9.53. The highest BCUT2D eigenvalue weighted by molar-refractivity contribution is 5.84. The van der Waals surface area contributed by atoms with Crippen molar-refractivity contribution >= 4 is 23.7 Å². The van der Waals surface area contributed by atoms with Crippen LogP contribution in [0.1, 0.15) is 19.6 Å². The molecule has 0 unspecified atom stereocenters. The lowest BCUT2D eigenvalue weighted by Gasteiger charge is -2.32. The summed E-state index contributed by atoms with van der Waals surface area (Å²) in [6.07, 6.45) is 2.25. The van der Waals surface area contributed by atoms with Crippen LogP contribution in [0.3, 0.4) is 0 Å². The van der Waals surface area contributed by atoms with Crippen LogP contribution in [0.4, 0.5) is 5.82 Å². The molecule has 13 nitrogen and oxygen atoms in total. The number of carbonyl (C=O) groups excluding carboxylic acids is 1. The third-order valence-corrected chi connectivity index (χ3v) is 5.02. The number of nitrogens with two attached hydrogens (primary N) is 3. The maximum Gasteiger partial charge on any atom is 0.351 e. The van der Waals surface area contributed by atoms with Gasteiger partial charge in [-0.2, -0.15) is 4.98 Å². The zero-order valence-electron chi connectivity index (χ0n) is 17.3. The molecule has 1 aliphatic rings. The summed E-state index contributed by atoms with van der Waals surface area (Å²) in [5.74, 6) is -2.19. The summed E-state index contributed by atoms with van der Waals surface area (Å²) in [7, 11) is 1.65. The molecular weight excluding hydrogens is 408 g/mol. The molecule has 9 N–H and O–H groups in total. The fraction of sp³-hybridized carbons (Fsp3) is 0.500. The molecule has 0 saturated heterocycles. The zero-order valence-corrected chi connectivity index (χ0v) is 17.3. The molecule has 5 atom stereocenters. The SMILES string of the molecule is C[C@H](CCN(C)C(=N)N)[C@H](N)C(=O)N[C@@H]1C=C[C@H](n2ccc(N)nc2=O)O[C@H]1C(=O)O. The second-order valence-corrected chi connectivity index (χ2v) is 7.35. The highest BCUT2D eigenvalue weighted by Crippen LogP contribution is 2.21. The number of carbonyl (C=O) groups is 2. The Kier molecular flexibility index (Phi) is 7.72. The van der Waals surface area contributed by atoms with Gasteiger partial charge in [-0.15, -0.1) is 0 Å². The number of aliphatic carboxylic acids is 1. The molecule has 0 fully saturated rings. The minimum atomic E-state index is -1.45. The highest BCUT2D eigenvalue weighted by atomic mass is 16.5. The number of nitrogens with one attached hydrogen (secondary N) is 2. The fourth-order valence-electron chi connectivity index (χ4n) is 2.93. The van der Waals surface area contributed by atoms with E-state index in [0.717, 1.165) is 4.57 Å². The van der Waals surface area contributed by atoms with Crippen LogP contribution in [0.5, 0.6) is 0 Å². The van der Waals surface area contributed by atoms with Gasteiger partial charge in [-0.05, 0) is 24.5 Å². The van der Waals surface area contributed by atoms with Gasteiger partial charge >= 0.3 is 11.7 Å². The average Bonchev–Trinajstić information content (AvgIpc) is 2.71. The van der Waals surface area contributed by atoms with Crippen molar-refractivity contribution in [1.82, 2.24) is 19.8 Å². The van der Waals surface area contributed by atoms with Crippen LogP contribution in [0.15, 0.2) is 29.2 Å². The Balaban J connectivity index is 2.07. The summed E-state index contributed by atoms with van der Waals surface area (Å²) in [5, 5.41) is 19.5.